The van der Waals surface area contributed by atoms with Crippen molar-refractivity contribution in [2.75, 3.05) is 6.61 Å². The Morgan fingerprint density at radius 2 is 1.85 bits per heavy atom. The molecule has 0 aromatic heterocycles. The van der Waals surface area contributed by atoms with Crippen LogP contribution in [0.4, 0.5) is 4.39 Å². The van der Waals surface area contributed by atoms with Crippen LogP contribution in [-0.4, -0.2) is 18.5 Å². The number of amides is 1. The van der Waals surface area contributed by atoms with Gasteiger partial charge in [0.25, 0.3) is 5.91 Å². The molecule has 0 aliphatic rings. The van der Waals surface area contributed by atoms with Crippen molar-refractivity contribution in [2.45, 2.75) is 26.3 Å². The Morgan fingerprint density at radius 3 is 2.46 bits per heavy atom. The molecule has 0 radical (unpaired) electrons. The Hall–Kier alpha value is -2.40. The smallest absolute Gasteiger partial charge is 0.341 e. The van der Waals surface area contributed by atoms with Crippen LogP contribution in [0.25, 0.3) is 0 Å². The zero-order valence-electron chi connectivity index (χ0n) is 14.7. The summed E-state index contributed by atoms with van der Waals surface area (Å²) < 4.78 is 18.6. The van der Waals surface area contributed by atoms with E-state index in [0.29, 0.717) is 5.92 Å². The van der Waals surface area contributed by atoms with Gasteiger partial charge in [-0.1, -0.05) is 55.8 Å². The third-order valence-corrected chi connectivity index (χ3v) is 3.96. The van der Waals surface area contributed by atoms with E-state index in [9.17, 15) is 14.0 Å². The second-order valence-corrected chi connectivity index (χ2v) is 6.80. The Bertz CT molecular complexity index is 765. The predicted octanol–water partition coefficient (Wildman–Crippen LogP) is 4.54. The van der Waals surface area contributed by atoms with E-state index >= 15 is 0 Å². The summed E-state index contributed by atoms with van der Waals surface area (Å²) in [5, 5.41) is 3.04. The van der Waals surface area contributed by atoms with Crippen LogP contribution in [-0.2, 0) is 9.53 Å². The maximum atomic E-state index is 13.7. The molecule has 1 N–H and O–H groups in total. The number of carbonyl (C=O) groups excluding carboxylic acids is 2. The summed E-state index contributed by atoms with van der Waals surface area (Å²) in [5.41, 5.74) is 0.716. The number of ether oxygens (including phenoxy) is 1. The van der Waals surface area contributed by atoms with Gasteiger partial charge in [0.05, 0.1) is 11.6 Å². The maximum absolute atomic E-state index is 13.7. The van der Waals surface area contributed by atoms with Gasteiger partial charge in [0.1, 0.15) is 5.82 Å². The number of nitrogens with one attached hydrogen (secondary N) is 1. The van der Waals surface area contributed by atoms with E-state index in [1.54, 1.807) is 0 Å². The normalized spacial score (nSPS) is 11.9. The molecule has 0 aliphatic heterocycles. The van der Waals surface area contributed by atoms with Gasteiger partial charge >= 0.3 is 5.97 Å². The van der Waals surface area contributed by atoms with E-state index in [1.807, 2.05) is 30.3 Å². The van der Waals surface area contributed by atoms with Crippen molar-refractivity contribution in [3.63, 3.8) is 0 Å². The van der Waals surface area contributed by atoms with E-state index in [0.717, 1.165) is 18.1 Å². The number of hydrogen-bond donors (Lipinski definition) is 1. The van der Waals surface area contributed by atoms with Gasteiger partial charge in [-0.15, -0.1) is 0 Å². The van der Waals surface area contributed by atoms with E-state index in [1.165, 1.54) is 12.1 Å². The van der Waals surface area contributed by atoms with Gasteiger partial charge in [0, 0.05) is 5.02 Å². The van der Waals surface area contributed by atoms with Gasteiger partial charge in [-0.25, -0.2) is 9.18 Å². The summed E-state index contributed by atoms with van der Waals surface area (Å²) in [5.74, 6) is -1.77. The van der Waals surface area contributed by atoms with Crippen LogP contribution in [0.5, 0.6) is 0 Å². The molecule has 0 heterocycles. The Kier molecular flexibility index (Phi) is 7.16. The summed E-state index contributed by atoms with van der Waals surface area (Å²) >= 11 is 5.65. The molecule has 2 aromatic rings. The fourth-order valence-corrected chi connectivity index (χ4v) is 2.69. The van der Waals surface area contributed by atoms with Crippen molar-refractivity contribution in [2.24, 2.45) is 5.92 Å². The summed E-state index contributed by atoms with van der Waals surface area (Å²) in [4.78, 5) is 24.1. The first-order valence-electron chi connectivity index (χ1n) is 8.33. The molecule has 0 fully saturated rings. The molecule has 0 saturated carbocycles. The number of esters is 1. The lowest BCUT2D eigenvalue weighted by Gasteiger charge is -2.21. The quantitative estimate of drug-likeness (QED) is 0.721. The lowest BCUT2D eigenvalue weighted by atomic mass is 9.97. The molecule has 2 aromatic carbocycles. The van der Waals surface area contributed by atoms with Gasteiger partial charge < -0.3 is 10.1 Å². The highest BCUT2D eigenvalue weighted by atomic mass is 35.5. The van der Waals surface area contributed by atoms with Crippen molar-refractivity contribution in [1.82, 2.24) is 5.32 Å². The monoisotopic (exact) mass is 377 g/mol. The first kappa shape index (κ1) is 19.9. The largest absolute Gasteiger partial charge is 0.452 e. The van der Waals surface area contributed by atoms with Gasteiger partial charge in [0.15, 0.2) is 6.61 Å². The number of carbonyl (C=O) groups is 2. The molecule has 1 atom stereocenters. The Labute approximate surface area is 157 Å². The summed E-state index contributed by atoms with van der Waals surface area (Å²) in [6, 6.07) is 13.0. The Morgan fingerprint density at radius 1 is 1.15 bits per heavy atom. The van der Waals surface area contributed by atoms with Gasteiger partial charge in [-0.2, -0.15) is 0 Å². The van der Waals surface area contributed by atoms with Crippen LogP contribution in [0, 0.1) is 11.7 Å². The molecule has 6 heteroatoms. The minimum Gasteiger partial charge on any atom is -0.452 e. The zero-order valence-corrected chi connectivity index (χ0v) is 15.4. The average Bonchev–Trinajstić information content (AvgIpc) is 2.59. The molecule has 4 nitrogen and oxygen atoms in total. The molecule has 2 rings (SSSR count). The molecule has 0 spiro atoms. The Balaban J connectivity index is 1.96. The van der Waals surface area contributed by atoms with Crippen LogP contribution in [0.1, 0.15) is 42.2 Å². The second-order valence-electron chi connectivity index (χ2n) is 6.36. The summed E-state index contributed by atoms with van der Waals surface area (Å²) in [7, 11) is 0. The van der Waals surface area contributed by atoms with Crippen LogP contribution < -0.4 is 5.32 Å². The molecule has 0 unspecified atom stereocenters. The van der Waals surface area contributed by atoms with Crippen molar-refractivity contribution >= 4 is 23.5 Å². The van der Waals surface area contributed by atoms with Gasteiger partial charge in [0.2, 0.25) is 0 Å². The lowest BCUT2D eigenvalue weighted by molar-refractivity contribution is -0.125. The second kappa shape index (κ2) is 9.34. The summed E-state index contributed by atoms with van der Waals surface area (Å²) in [6.07, 6.45) is 0.746. The van der Waals surface area contributed by atoms with Crippen molar-refractivity contribution in [1.29, 1.82) is 0 Å². The number of rotatable bonds is 7. The number of hydrogen-bond acceptors (Lipinski definition) is 3. The minimum atomic E-state index is -0.908. The fourth-order valence-electron chi connectivity index (χ4n) is 2.53. The highest BCUT2D eigenvalue weighted by Gasteiger charge is 2.19. The first-order valence-corrected chi connectivity index (χ1v) is 8.71. The maximum Gasteiger partial charge on any atom is 0.341 e. The average molecular weight is 378 g/mol. The van der Waals surface area contributed by atoms with E-state index in [-0.39, 0.29) is 16.6 Å². The highest BCUT2D eigenvalue weighted by Crippen LogP contribution is 2.21. The standard InChI is InChI=1S/C20H21ClFNO3/c1-13(2)10-18(14-6-4-3-5-7-14)23-19(24)12-26-20(25)16-9-8-15(21)11-17(16)22/h3-9,11,13,18H,10,12H2,1-2H3,(H,23,24)/t18-/m0/s1. The van der Waals surface area contributed by atoms with Crippen LogP contribution in [0.2, 0.25) is 5.02 Å². The molecule has 138 valence electrons. The van der Waals surface area contributed by atoms with Gasteiger partial charge in [-0.05, 0) is 36.1 Å². The molecular formula is C20H21ClFNO3. The van der Waals surface area contributed by atoms with Crippen molar-refractivity contribution < 1.29 is 18.7 Å². The molecule has 26 heavy (non-hydrogen) atoms. The van der Waals surface area contributed by atoms with Gasteiger partial charge in [-0.3, -0.25) is 4.79 Å². The van der Waals surface area contributed by atoms with Crippen LogP contribution in [0.3, 0.4) is 0 Å². The minimum absolute atomic E-state index is 0.177. The molecule has 0 saturated heterocycles. The van der Waals surface area contributed by atoms with E-state index < -0.39 is 24.3 Å². The zero-order chi connectivity index (χ0) is 19.1. The van der Waals surface area contributed by atoms with Crippen molar-refractivity contribution in [3.8, 4) is 0 Å². The SMILES string of the molecule is CC(C)C[C@H](NC(=O)COC(=O)c1ccc(Cl)cc1F)c1ccccc1. The molecule has 0 aliphatic carbocycles. The van der Waals surface area contributed by atoms with Crippen molar-refractivity contribution in [3.05, 3.63) is 70.5 Å². The fraction of sp³-hybridized carbons (Fsp3) is 0.300. The van der Waals surface area contributed by atoms with E-state index in [4.69, 9.17) is 16.3 Å². The first-order chi connectivity index (χ1) is 12.4. The number of halogens is 2. The lowest BCUT2D eigenvalue weighted by Crippen LogP contribution is -2.33. The third-order valence-electron chi connectivity index (χ3n) is 3.73. The third kappa shape index (κ3) is 5.85. The predicted molar refractivity (Wildman–Crippen MR) is 98.5 cm³/mol. The topological polar surface area (TPSA) is 55.4 Å². The number of benzene rings is 2. The van der Waals surface area contributed by atoms with E-state index in [2.05, 4.69) is 19.2 Å². The molecule has 1 amide bonds. The van der Waals surface area contributed by atoms with Crippen LogP contribution in [0.15, 0.2) is 48.5 Å². The molecule has 0 bridgehead atoms. The summed E-state index contributed by atoms with van der Waals surface area (Å²) in [6.45, 7) is 3.64. The van der Waals surface area contributed by atoms with Crippen LogP contribution >= 0.6 is 11.6 Å². The molecular weight excluding hydrogens is 357 g/mol. The highest BCUT2D eigenvalue weighted by molar-refractivity contribution is 6.30.